The Morgan fingerprint density at radius 3 is 2.50 bits per heavy atom. The van der Waals surface area contributed by atoms with Crippen molar-refractivity contribution in [1.82, 2.24) is 24.4 Å². The van der Waals surface area contributed by atoms with E-state index in [9.17, 15) is 13.6 Å². The van der Waals surface area contributed by atoms with Gasteiger partial charge in [-0.05, 0) is 54.2 Å². The molecule has 4 heterocycles. The number of amides is 1. The summed E-state index contributed by atoms with van der Waals surface area (Å²) in [5, 5.41) is 0. The van der Waals surface area contributed by atoms with E-state index in [1.807, 2.05) is 24.5 Å². The van der Waals surface area contributed by atoms with Crippen molar-refractivity contribution in [1.29, 1.82) is 0 Å². The number of rotatable bonds is 3. The highest BCUT2D eigenvalue weighted by molar-refractivity contribution is 5.97. The van der Waals surface area contributed by atoms with E-state index in [1.165, 1.54) is 0 Å². The monoisotopic (exact) mass is 512 g/mol. The van der Waals surface area contributed by atoms with Gasteiger partial charge in [-0.2, -0.15) is 0 Å². The zero-order chi connectivity index (χ0) is 26.0. The van der Waals surface area contributed by atoms with Crippen LogP contribution in [-0.4, -0.2) is 43.3 Å². The number of fused-ring (bicyclic) bond motifs is 9. The van der Waals surface area contributed by atoms with E-state index >= 15 is 0 Å². The fourth-order valence-corrected chi connectivity index (χ4v) is 6.70. The molecule has 2 aliphatic heterocycles. The van der Waals surface area contributed by atoms with Crippen LogP contribution in [0.15, 0.2) is 48.8 Å². The first-order chi connectivity index (χ1) is 18.2. The molecule has 8 rings (SSSR count). The molecule has 2 aromatic heterocycles. The van der Waals surface area contributed by atoms with Crippen LogP contribution >= 0.6 is 0 Å². The Kier molecular flexibility index (Phi) is 4.24. The fraction of sp³-hybridized carbons (Fsp3) is 0.379. The van der Waals surface area contributed by atoms with Gasteiger partial charge in [-0.3, -0.25) is 4.79 Å². The van der Waals surface area contributed by atoms with E-state index in [0.29, 0.717) is 23.4 Å². The van der Waals surface area contributed by atoms with Crippen molar-refractivity contribution in [3.05, 3.63) is 77.1 Å². The highest BCUT2D eigenvalue weighted by Crippen LogP contribution is 2.59. The lowest BCUT2D eigenvalue weighted by molar-refractivity contribution is 0.0734. The summed E-state index contributed by atoms with van der Waals surface area (Å²) < 4.78 is 30.7. The third-order valence-electron chi connectivity index (χ3n) is 9.14. The Morgan fingerprint density at radius 2 is 1.82 bits per heavy atom. The molecule has 192 valence electrons. The number of nitrogens with zero attached hydrogens (tertiary/aromatic N) is 5. The van der Waals surface area contributed by atoms with Crippen molar-refractivity contribution in [2.24, 2.45) is 5.73 Å². The van der Waals surface area contributed by atoms with Gasteiger partial charge in [0.1, 0.15) is 11.6 Å². The summed E-state index contributed by atoms with van der Waals surface area (Å²) in [6.45, 7) is 0. The first kappa shape index (κ1) is 22.3. The maximum absolute atomic E-state index is 14.3. The van der Waals surface area contributed by atoms with Gasteiger partial charge in [-0.15, -0.1) is 0 Å². The largest absolute Gasteiger partial charge is 0.331 e. The second kappa shape index (κ2) is 7.22. The summed E-state index contributed by atoms with van der Waals surface area (Å²) in [7, 11) is 1.78. The molecule has 38 heavy (non-hydrogen) atoms. The maximum atomic E-state index is 14.3. The van der Waals surface area contributed by atoms with E-state index in [1.54, 1.807) is 30.1 Å². The molecule has 0 saturated heterocycles. The van der Waals surface area contributed by atoms with E-state index < -0.39 is 17.4 Å². The van der Waals surface area contributed by atoms with Gasteiger partial charge in [0, 0.05) is 43.4 Å². The molecule has 1 unspecified atom stereocenters. The zero-order valence-electron chi connectivity index (χ0n) is 20.9. The lowest BCUT2D eigenvalue weighted by Gasteiger charge is -2.36. The standard InChI is InChI=1S/C29H26F2N6O/c1-36-23-11-22(24-17(19-12-29(19,30)31)4-2-5-18(24)26(36)38)37-21-10-15(6-7-20(21)35-25(23)37)16-13-33-27(34-14-16)28(32)8-3-9-28/h2,4-7,10,13-14,19,22-23H,3,8-9,11-12,32H2,1H3/t19?,22-,23-/m1/s1. The van der Waals surface area contributed by atoms with Crippen LogP contribution in [0.2, 0.25) is 0 Å². The average Bonchev–Trinajstić information content (AvgIpc) is 3.24. The van der Waals surface area contributed by atoms with Crippen molar-refractivity contribution >= 4 is 16.9 Å². The maximum Gasteiger partial charge on any atom is 0.255 e. The second-order valence-corrected chi connectivity index (χ2v) is 11.4. The van der Waals surface area contributed by atoms with Gasteiger partial charge < -0.3 is 15.2 Å². The molecule has 2 fully saturated rings. The Bertz CT molecular complexity index is 1660. The molecule has 4 aliphatic rings. The van der Waals surface area contributed by atoms with Gasteiger partial charge in [0.2, 0.25) is 0 Å². The summed E-state index contributed by atoms with van der Waals surface area (Å²) in [4.78, 5) is 29.3. The Labute approximate surface area is 217 Å². The molecule has 0 spiro atoms. The number of nitrogens with two attached hydrogens (primary N) is 1. The minimum Gasteiger partial charge on any atom is -0.331 e. The van der Waals surface area contributed by atoms with Crippen LogP contribution in [0, 0.1) is 0 Å². The van der Waals surface area contributed by atoms with Crippen molar-refractivity contribution in [3.8, 4) is 11.1 Å². The molecule has 2 aliphatic carbocycles. The SMILES string of the molecule is CN1C(=O)c2cccc(C3CC3(F)F)c2[C@H]2C[C@@H]1c1nc3ccc(-c4cnc(C5(N)CCC5)nc4)cc3n12. The summed E-state index contributed by atoms with van der Waals surface area (Å²) in [5.41, 5.74) is 11.3. The normalized spacial score (nSPS) is 26.1. The molecule has 7 nitrogen and oxygen atoms in total. The van der Waals surface area contributed by atoms with Gasteiger partial charge in [0.05, 0.1) is 34.6 Å². The lowest BCUT2D eigenvalue weighted by atomic mass is 9.77. The molecular weight excluding hydrogens is 486 g/mol. The molecule has 2 N–H and O–H groups in total. The molecule has 9 heteroatoms. The second-order valence-electron chi connectivity index (χ2n) is 11.4. The number of halogens is 2. The molecular formula is C29H26F2N6O. The molecule has 0 radical (unpaired) electrons. The minimum absolute atomic E-state index is 0.140. The van der Waals surface area contributed by atoms with Crippen molar-refractivity contribution < 1.29 is 13.6 Å². The van der Waals surface area contributed by atoms with Gasteiger partial charge in [-0.1, -0.05) is 18.2 Å². The summed E-state index contributed by atoms with van der Waals surface area (Å²) in [6.07, 6.45) is 6.96. The van der Waals surface area contributed by atoms with Crippen LogP contribution in [0.1, 0.15) is 83.2 Å². The number of alkyl halides is 2. The van der Waals surface area contributed by atoms with E-state index in [4.69, 9.17) is 10.7 Å². The highest BCUT2D eigenvalue weighted by Gasteiger charge is 2.59. The quantitative estimate of drug-likeness (QED) is 0.414. The first-order valence-electron chi connectivity index (χ1n) is 13.2. The summed E-state index contributed by atoms with van der Waals surface area (Å²) in [5.74, 6) is -2.24. The van der Waals surface area contributed by atoms with Gasteiger partial charge in [0.15, 0.2) is 0 Å². The van der Waals surface area contributed by atoms with E-state index in [0.717, 1.165) is 52.8 Å². The summed E-state index contributed by atoms with van der Waals surface area (Å²) in [6, 6.07) is 10.8. The van der Waals surface area contributed by atoms with Gasteiger partial charge in [0.25, 0.3) is 11.8 Å². The Balaban J connectivity index is 1.28. The minimum atomic E-state index is -2.73. The molecule has 2 bridgehead atoms. The van der Waals surface area contributed by atoms with Crippen LogP contribution in [0.5, 0.6) is 0 Å². The first-order valence-corrected chi connectivity index (χ1v) is 13.2. The number of aromatic nitrogens is 4. The van der Waals surface area contributed by atoms with E-state index in [2.05, 4.69) is 20.6 Å². The fourth-order valence-electron chi connectivity index (χ4n) is 6.70. The number of hydrogen-bond donors (Lipinski definition) is 1. The third-order valence-corrected chi connectivity index (χ3v) is 9.14. The molecule has 1 amide bonds. The van der Waals surface area contributed by atoms with Gasteiger partial charge in [-0.25, -0.2) is 23.7 Å². The number of hydrogen-bond acceptors (Lipinski definition) is 5. The third kappa shape index (κ3) is 2.90. The Hall–Kier alpha value is -3.72. The average molecular weight is 513 g/mol. The van der Waals surface area contributed by atoms with Crippen molar-refractivity contribution in [3.63, 3.8) is 0 Å². The van der Waals surface area contributed by atoms with Crippen LogP contribution in [0.25, 0.3) is 22.2 Å². The molecule has 2 saturated carbocycles. The van der Waals surface area contributed by atoms with E-state index in [-0.39, 0.29) is 24.4 Å². The van der Waals surface area contributed by atoms with Crippen molar-refractivity contribution in [2.45, 2.75) is 61.6 Å². The zero-order valence-corrected chi connectivity index (χ0v) is 20.9. The molecule has 3 atom stereocenters. The lowest BCUT2D eigenvalue weighted by Crippen LogP contribution is -2.44. The molecule has 2 aromatic carbocycles. The predicted molar refractivity (Wildman–Crippen MR) is 137 cm³/mol. The number of carbonyl (C=O) groups excluding carboxylic acids is 1. The number of benzene rings is 2. The Morgan fingerprint density at radius 1 is 1.05 bits per heavy atom. The van der Waals surface area contributed by atoms with Crippen LogP contribution in [0.3, 0.4) is 0 Å². The van der Waals surface area contributed by atoms with Crippen LogP contribution in [0.4, 0.5) is 8.78 Å². The summed E-state index contributed by atoms with van der Waals surface area (Å²) >= 11 is 0. The smallest absolute Gasteiger partial charge is 0.255 e. The predicted octanol–water partition coefficient (Wildman–Crippen LogP) is 5.07. The highest BCUT2D eigenvalue weighted by atomic mass is 19.3. The number of imidazole rings is 1. The topological polar surface area (TPSA) is 89.9 Å². The van der Waals surface area contributed by atoms with Crippen molar-refractivity contribution in [2.75, 3.05) is 7.05 Å². The molecule has 4 aromatic rings. The van der Waals surface area contributed by atoms with Crippen LogP contribution < -0.4 is 5.73 Å². The number of carbonyl (C=O) groups is 1. The van der Waals surface area contributed by atoms with Crippen LogP contribution in [-0.2, 0) is 5.54 Å². The van der Waals surface area contributed by atoms with Gasteiger partial charge >= 0.3 is 0 Å².